The van der Waals surface area contributed by atoms with Gasteiger partial charge in [-0.1, -0.05) is 6.07 Å². The van der Waals surface area contributed by atoms with Gasteiger partial charge in [0.05, 0.1) is 6.54 Å². The summed E-state index contributed by atoms with van der Waals surface area (Å²) in [6, 6.07) is 3.81. The predicted octanol–water partition coefficient (Wildman–Crippen LogP) is 2.00. The van der Waals surface area contributed by atoms with Gasteiger partial charge in [0.25, 0.3) is 0 Å². The Labute approximate surface area is 144 Å². The average Bonchev–Trinajstić information content (AvgIpc) is 2.53. The van der Waals surface area contributed by atoms with Crippen molar-refractivity contribution in [3.8, 4) is 0 Å². The van der Waals surface area contributed by atoms with Crippen LogP contribution in [0.1, 0.15) is 32.8 Å². The van der Waals surface area contributed by atoms with Gasteiger partial charge in [-0.3, -0.25) is 9.98 Å². The third-order valence-electron chi connectivity index (χ3n) is 3.11. The standard InChI is InChI=1S/C17H29N5O2/c1-17(2,3)24-16(23)22(13-14-8-6-9-20-12-14)11-7-10-21-15(18-4)19-5/h6,8-9,12H,7,10-11,13H2,1-5H3,(H2,18,19,21). The summed E-state index contributed by atoms with van der Waals surface area (Å²) >= 11 is 0. The zero-order valence-corrected chi connectivity index (χ0v) is 15.3. The number of nitrogens with one attached hydrogen (secondary N) is 2. The molecule has 0 aliphatic carbocycles. The molecule has 0 atom stereocenters. The van der Waals surface area contributed by atoms with Crippen molar-refractivity contribution in [2.75, 3.05) is 27.2 Å². The van der Waals surface area contributed by atoms with Crippen molar-refractivity contribution in [2.45, 2.75) is 39.3 Å². The average molecular weight is 335 g/mol. The number of rotatable bonds is 6. The van der Waals surface area contributed by atoms with E-state index in [-0.39, 0.29) is 6.09 Å². The molecule has 0 aromatic carbocycles. The topological polar surface area (TPSA) is 78.9 Å². The highest BCUT2D eigenvalue weighted by molar-refractivity contribution is 5.79. The lowest BCUT2D eigenvalue weighted by Gasteiger charge is -2.27. The number of hydrogen-bond acceptors (Lipinski definition) is 4. The molecule has 0 saturated heterocycles. The first-order valence-electron chi connectivity index (χ1n) is 8.11. The third kappa shape index (κ3) is 7.80. The zero-order valence-electron chi connectivity index (χ0n) is 15.3. The van der Waals surface area contributed by atoms with E-state index in [2.05, 4.69) is 20.6 Å². The Morgan fingerprint density at radius 1 is 1.42 bits per heavy atom. The number of aromatic nitrogens is 1. The highest BCUT2D eigenvalue weighted by atomic mass is 16.6. The van der Waals surface area contributed by atoms with E-state index in [0.29, 0.717) is 19.6 Å². The summed E-state index contributed by atoms with van der Waals surface area (Å²) in [6.07, 6.45) is 3.94. The molecule has 24 heavy (non-hydrogen) atoms. The van der Waals surface area contributed by atoms with Gasteiger partial charge in [0.15, 0.2) is 5.96 Å². The first kappa shape index (κ1) is 19.7. The number of pyridine rings is 1. The molecular weight excluding hydrogens is 306 g/mol. The van der Waals surface area contributed by atoms with Gasteiger partial charge in [-0.05, 0) is 38.8 Å². The van der Waals surface area contributed by atoms with Crippen LogP contribution in [0, 0.1) is 0 Å². The van der Waals surface area contributed by atoms with Crippen molar-refractivity contribution in [1.82, 2.24) is 20.5 Å². The van der Waals surface area contributed by atoms with E-state index in [1.165, 1.54) is 0 Å². The number of hydrogen-bond donors (Lipinski definition) is 2. The third-order valence-corrected chi connectivity index (χ3v) is 3.11. The summed E-state index contributed by atoms with van der Waals surface area (Å²) in [7, 11) is 3.53. The lowest BCUT2D eigenvalue weighted by molar-refractivity contribution is 0.0232. The van der Waals surface area contributed by atoms with Crippen molar-refractivity contribution in [2.24, 2.45) is 4.99 Å². The largest absolute Gasteiger partial charge is 0.444 e. The fraction of sp³-hybridized carbons (Fsp3) is 0.588. The maximum absolute atomic E-state index is 12.4. The summed E-state index contributed by atoms with van der Waals surface area (Å²) < 4.78 is 5.50. The predicted molar refractivity (Wildman–Crippen MR) is 95.9 cm³/mol. The van der Waals surface area contributed by atoms with Crippen molar-refractivity contribution in [1.29, 1.82) is 0 Å². The van der Waals surface area contributed by atoms with Gasteiger partial charge in [-0.15, -0.1) is 0 Å². The first-order chi connectivity index (χ1) is 11.4. The molecule has 0 radical (unpaired) electrons. The van der Waals surface area contributed by atoms with Crippen molar-refractivity contribution in [3.05, 3.63) is 30.1 Å². The number of amides is 1. The summed E-state index contributed by atoms with van der Waals surface area (Å²) in [5.41, 5.74) is 0.457. The summed E-state index contributed by atoms with van der Waals surface area (Å²) in [5, 5.41) is 6.13. The quantitative estimate of drug-likeness (QED) is 0.472. The number of carbonyl (C=O) groups is 1. The van der Waals surface area contributed by atoms with Crippen LogP contribution >= 0.6 is 0 Å². The number of aliphatic imine (C=N–C) groups is 1. The van der Waals surface area contributed by atoms with Gasteiger partial charge < -0.3 is 20.3 Å². The number of carbonyl (C=O) groups excluding carboxylic acids is 1. The van der Waals surface area contributed by atoms with Crippen molar-refractivity contribution >= 4 is 12.1 Å². The molecule has 0 spiro atoms. The molecule has 134 valence electrons. The summed E-state index contributed by atoms with van der Waals surface area (Å²) in [4.78, 5) is 22.3. The SMILES string of the molecule is CN=C(NC)NCCCN(Cc1cccnc1)C(=O)OC(C)(C)C. The number of nitrogens with zero attached hydrogens (tertiary/aromatic N) is 3. The van der Waals surface area contributed by atoms with Gasteiger partial charge in [-0.25, -0.2) is 4.79 Å². The van der Waals surface area contributed by atoms with E-state index in [4.69, 9.17) is 4.74 Å². The lowest BCUT2D eigenvalue weighted by Crippen LogP contribution is -2.39. The summed E-state index contributed by atoms with van der Waals surface area (Å²) in [6.45, 7) is 7.36. The zero-order chi connectivity index (χ0) is 18.0. The molecule has 0 fully saturated rings. The van der Waals surface area contributed by atoms with E-state index in [9.17, 15) is 4.79 Å². The molecular formula is C17H29N5O2. The van der Waals surface area contributed by atoms with Crippen LogP contribution < -0.4 is 10.6 Å². The van der Waals surface area contributed by atoms with E-state index in [1.807, 2.05) is 40.0 Å². The second-order valence-electron chi connectivity index (χ2n) is 6.37. The monoisotopic (exact) mass is 335 g/mol. The molecule has 1 aromatic heterocycles. The second-order valence-corrected chi connectivity index (χ2v) is 6.37. The molecule has 1 rings (SSSR count). The van der Waals surface area contributed by atoms with Crippen LogP contribution in [0.25, 0.3) is 0 Å². The second kappa shape index (κ2) is 9.75. The van der Waals surface area contributed by atoms with Gasteiger partial charge in [-0.2, -0.15) is 0 Å². The highest BCUT2D eigenvalue weighted by Crippen LogP contribution is 2.12. The van der Waals surface area contributed by atoms with Crippen LogP contribution in [0.4, 0.5) is 4.79 Å². The minimum Gasteiger partial charge on any atom is -0.444 e. The number of ether oxygens (including phenoxy) is 1. The molecule has 0 aliphatic rings. The van der Waals surface area contributed by atoms with Gasteiger partial charge >= 0.3 is 6.09 Å². The lowest BCUT2D eigenvalue weighted by atomic mass is 10.2. The molecule has 1 heterocycles. The molecule has 2 N–H and O–H groups in total. The van der Waals surface area contributed by atoms with Gasteiger partial charge in [0, 0.05) is 39.6 Å². The number of guanidine groups is 1. The van der Waals surface area contributed by atoms with Crippen molar-refractivity contribution < 1.29 is 9.53 Å². The normalized spacial score (nSPS) is 11.8. The molecule has 7 heteroatoms. The minimum atomic E-state index is -0.517. The Kier molecular flexibility index (Phi) is 8.01. The highest BCUT2D eigenvalue weighted by Gasteiger charge is 2.22. The Balaban J connectivity index is 2.62. The molecule has 1 amide bonds. The molecule has 0 bridgehead atoms. The first-order valence-corrected chi connectivity index (χ1v) is 8.11. The molecule has 7 nitrogen and oxygen atoms in total. The van der Waals surface area contributed by atoms with Crippen LogP contribution in [0.15, 0.2) is 29.5 Å². The fourth-order valence-corrected chi connectivity index (χ4v) is 2.03. The van der Waals surface area contributed by atoms with Crippen LogP contribution in [0.3, 0.4) is 0 Å². The maximum Gasteiger partial charge on any atom is 0.410 e. The van der Waals surface area contributed by atoms with E-state index < -0.39 is 5.60 Å². The Morgan fingerprint density at radius 3 is 2.71 bits per heavy atom. The van der Waals surface area contributed by atoms with Crippen molar-refractivity contribution in [3.63, 3.8) is 0 Å². The van der Waals surface area contributed by atoms with E-state index in [1.54, 1.807) is 24.3 Å². The van der Waals surface area contributed by atoms with Gasteiger partial charge in [0.2, 0.25) is 0 Å². The smallest absolute Gasteiger partial charge is 0.410 e. The Bertz CT molecular complexity index is 526. The Hall–Kier alpha value is -2.31. The van der Waals surface area contributed by atoms with Crippen LogP contribution in [-0.4, -0.2) is 54.7 Å². The fourth-order valence-electron chi connectivity index (χ4n) is 2.03. The summed E-state index contributed by atoms with van der Waals surface area (Å²) in [5.74, 6) is 0.728. The van der Waals surface area contributed by atoms with E-state index >= 15 is 0 Å². The van der Waals surface area contributed by atoms with Crippen LogP contribution in [0.2, 0.25) is 0 Å². The van der Waals surface area contributed by atoms with E-state index in [0.717, 1.165) is 17.9 Å². The molecule has 0 saturated carbocycles. The van der Waals surface area contributed by atoms with Gasteiger partial charge in [0.1, 0.15) is 5.60 Å². The minimum absolute atomic E-state index is 0.315. The molecule has 0 aliphatic heterocycles. The Morgan fingerprint density at radius 2 is 2.17 bits per heavy atom. The van der Waals surface area contributed by atoms with Crippen LogP contribution in [-0.2, 0) is 11.3 Å². The molecule has 0 unspecified atom stereocenters. The van der Waals surface area contributed by atoms with Crippen LogP contribution in [0.5, 0.6) is 0 Å². The maximum atomic E-state index is 12.4. The molecule has 1 aromatic rings.